The molecule has 0 aliphatic carbocycles. The molecule has 0 spiro atoms. The largest absolute Gasteiger partial charge is 0.335 e. The lowest BCUT2D eigenvalue weighted by atomic mass is 9.94. The maximum Gasteiger partial charge on any atom is 0.0619 e. The number of hydrogen-bond acceptors (Lipinski definition) is 0. The zero-order valence-corrected chi connectivity index (χ0v) is 32.3. The number of rotatable bonds is 8. The van der Waals surface area contributed by atoms with Gasteiger partial charge in [-0.25, -0.2) is 0 Å². The maximum absolute atomic E-state index is 3.86. The Kier molecular flexibility index (Phi) is 8.78. The molecule has 0 N–H and O–H groups in total. The van der Waals surface area contributed by atoms with E-state index >= 15 is 0 Å². The molecule has 8 aromatic carbocycles. The van der Waals surface area contributed by atoms with Crippen LogP contribution in [0.25, 0.3) is 83.4 Å². The van der Waals surface area contributed by atoms with E-state index in [0.29, 0.717) is 0 Å². The van der Waals surface area contributed by atoms with Crippen molar-refractivity contribution in [3.63, 3.8) is 0 Å². The number of aromatic nitrogens is 2. The highest BCUT2D eigenvalue weighted by atomic mass is 79.9. The standard InChI is InChI=1S/C53H37BrN2/c54-47-29-17-16-26-43(47)36-55-48-32-30-41(34-45(48)50(37-18-6-1-7-19-37)52(55)39-22-10-3-11-23-39)42-31-33-49-46(35-42)51(38-20-8-2-9-21-38)53(40-24-12-4-13-25-40)56(49)44-27-14-5-15-28-44/h1-35H,36H2. The van der Waals surface area contributed by atoms with E-state index < -0.39 is 0 Å². The second-order valence-corrected chi connectivity index (χ2v) is 15.1. The highest BCUT2D eigenvalue weighted by Crippen LogP contribution is 2.46. The Hall–Kier alpha value is -6.68. The number of fused-ring (bicyclic) bond motifs is 2. The van der Waals surface area contributed by atoms with Gasteiger partial charge in [0.1, 0.15) is 0 Å². The average molecular weight is 782 g/mol. The van der Waals surface area contributed by atoms with E-state index in [0.717, 1.165) is 16.7 Å². The summed E-state index contributed by atoms with van der Waals surface area (Å²) in [6.45, 7) is 0.732. The van der Waals surface area contributed by atoms with E-state index in [-0.39, 0.29) is 0 Å². The van der Waals surface area contributed by atoms with Crippen LogP contribution in [0.2, 0.25) is 0 Å². The van der Waals surface area contributed by atoms with Crippen LogP contribution >= 0.6 is 15.9 Å². The summed E-state index contributed by atoms with van der Waals surface area (Å²) in [4.78, 5) is 0. The summed E-state index contributed by atoms with van der Waals surface area (Å²) in [6, 6.07) is 76.7. The zero-order valence-electron chi connectivity index (χ0n) is 30.7. The summed E-state index contributed by atoms with van der Waals surface area (Å²) in [5, 5.41) is 2.45. The van der Waals surface area contributed by atoms with Gasteiger partial charge in [0.25, 0.3) is 0 Å². The topological polar surface area (TPSA) is 9.86 Å². The van der Waals surface area contributed by atoms with Gasteiger partial charge in [-0.15, -0.1) is 0 Å². The van der Waals surface area contributed by atoms with Crippen LogP contribution in [-0.2, 0) is 6.54 Å². The molecule has 0 aliphatic heterocycles. The van der Waals surface area contributed by atoms with Gasteiger partial charge in [-0.3, -0.25) is 0 Å². The van der Waals surface area contributed by atoms with Crippen LogP contribution in [0.15, 0.2) is 217 Å². The monoisotopic (exact) mass is 780 g/mol. The Bertz CT molecular complexity index is 2960. The van der Waals surface area contributed by atoms with E-state index in [1.807, 2.05) is 0 Å². The van der Waals surface area contributed by atoms with Crippen LogP contribution in [0, 0.1) is 0 Å². The number of halogens is 1. The number of para-hydroxylation sites is 1. The van der Waals surface area contributed by atoms with Crippen LogP contribution in [0.4, 0.5) is 0 Å². The van der Waals surface area contributed by atoms with Crippen molar-refractivity contribution in [3.05, 3.63) is 222 Å². The lowest BCUT2D eigenvalue weighted by molar-refractivity contribution is 0.841. The Balaban J connectivity index is 1.25. The molecule has 3 heteroatoms. The molecular formula is C53H37BrN2. The van der Waals surface area contributed by atoms with Crippen molar-refractivity contribution in [3.8, 4) is 61.6 Å². The van der Waals surface area contributed by atoms with Crippen LogP contribution in [0.3, 0.4) is 0 Å². The first-order chi connectivity index (χ1) is 27.7. The quantitative estimate of drug-likeness (QED) is 0.145. The van der Waals surface area contributed by atoms with Crippen LogP contribution < -0.4 is 0 Å². The van der Waals surface area contributed by atoms with Crippen molar-refractivity contribution >= 4 is 37.7 Å². The van der Waals surface area contributed by atoms with E-state index in [1.54, 1.807) is 0 Å². The average Bonchev–Trinajstić information content (AvgIpc) is 3.78. The van der Waals surface area contributed by atoms with Crippen LogP contribution in [0.1, 0.15) is 5.56 Å². The zero-order chi connectivity index (χ0) is 37.4. The first kappa shape index (κ1) is 33.9. The molecule has 0 bridgehead atoms. The van der Waals surface area contributed by atoms with E-state index in [9.17, 15) is 0 Å². The van der Waals surface area contributed by atoms with Crippen molar-refractivity contribution in [2.45, 2.75) is 6.54 Å². The fourth-order valence-electron chi connectivity index (χ4n) is 8.37. The van der Waals surface area contributed by atoms with Gasteiger partial charge < -0.3 is 9.13 Å². The van der Waals surface area contributed by atoms with E-state index in [4.69, 9.17) is 0 Å². The lowest BCUT2D eigenvalue weighted by Crippen LogP contribution is -2.03. The Labute approximate surface area is 335 Å². The maximum atomic E-state index is 3.86. The van der Waals surface area contributed by atoms with Crippen LogP contribution in [0.5, 0.6) is 0 Å². The molecule has 266 valence electrons. The number of benzene rings is 8. The van der Waals surface area contributed by atoms with Crippen molar-refractivity contribution in [1.82, 2.24) is 9.13 Å². The summed E-state index contributed by atoms with van der Waals surface area (Å²) in [7, 11) is 0. The molecule has 0 amide bonds. The minimum Gasteiger partial charge on any atom is -0.335 e. The first-order valence-electron chi connectivity index (χ1n) is 19.1. The van der Waals surface area contributed by atoms with Gasteiger partial charge >= 0.3 is 0 Å². The highest BCUT2D eigenvalue weighted by molar-refractivity contribution is 9.10. The van der Waals surface area contributed by atoms with E-state index in [1.165, 1.54) is 83.3 Å². The molecule has 2 aromatic heterocycles. The van der Waals surface area contributed by atoms with Gasteiger partial charge in [0.15, 0.2) is 0 Å². The second-order valence-electron chi connectivity index (χ2n) is 14.2. The third-order valence-corrected chi connectivity index (χ3v) is 11.7. The van der Waals surface area contributed by atoms with Crippen LogP contribution in [-0.4, -0.2) is 9.13 Å². The second kappa shape index (κ2) is 14.5. The smallest absolute Gasteiger partial charge is 0.0619 e. The molecule has 0 atom stereocenters. The highest BCUT2D eigenvalue weighted by Gasteiger charge is 2.24. The molecule has 10 rings (SSSR count). The fraction of sp³-hybridized carbons (Fsp3) is 0.0189. The molecule has 0 fully saturated rings. The molecule has 0 saturated carbocycles. The summed E-state index contributed by atoms with van der Waals surface area (Å²) < 4.78 is 6.04. The van der Waals surface area contributed by atoms with Crippen molar-refractivity contribution in [2.75, 3.05) is 0 Å². The molecule has 0 saturated heterocycles. The van der Waals surface area contributed by atoms with Gasteiger partial charge in [0.05, 0.1) is 16.9 Å². The Morgan fingerprint density at radius 2 is 0.786 bits per heavy atom. The SMILES string of the molecule is Brc1ccccc1Cn1c(-c2ccccc2)c(-c2ccccc2)c2cc(-c3ccc4c(c3)c(-c3ccccc3)c(-c3ccccc3)n4-c3ccccc3)ccc21. The van der Waals surface area contributed by atoms with E-state index in [2.05, 4.69) is 237 Å². The Morgan fingerprint density at radius 1 is 0.357 bits per heavy atom. The summed E-state index contributed by atoms with van der Waals surface area (Å²) >= 11 is 3.86. The van der Waals surface area contributed by atoms with Gasteiger partial charge in [-0.1, -0.05) is 186 Å². The number of nitrogens with zero attached hydrogens (tertiary/aromatic N) is 2. The normalized spacial score (nSPS) is 11.4. The third kappa shape index (κ3) is 5.98. The molecule has 2 heterocycles. The molecular weight excluding hydrogens is 745 g/mol. The minimum atomic E-state index is 0.732. The molecule has 10 aromatic rings. The molecule has 0 unspecified atom stereocenters. The fourth-order valence-corrected chi connectivity index (χ4v) is 8.78. The molecule has 0 aliphatic rings. The molecule has 0 radical (unpaired) electrons. The van der Waals surface area contributed by atoms with Crippen molar-refractivity contribution < 1.29 is 0 Å². The van der Waals surface area contributed by atoms with Gasteiger partial charge in [0, 0.05) is 44.1 Å². The summed E-state index contributed by atoms with van der Waals surface area (Å²) in [5.41, 5.74) is 16.8. The lowest BCUT2D eigenvalue weighted by Gasteiger charge is -2.14. The third-order valence-electron chi connectivity index (χ3n) is 10.9. The Morgan fingerprint density at radius 3 is 1.34 bits per heavy atom. The predicted molar refractivity (Wildman–Crippen MR) is 239 cm³/mol. The summed E-state index contributed by atoms with van der Waals surface area (Å²) in [5.74, 6) is 0. The molecule has 56 heavy (non-hydrogen) atoms. The summed E-state index contributed by atoms with van der Waals surface area (Å²) in [6.07, 6.45) is 0. The van der Waals surface area contributed by atoms with Crippen molar-refractivity contribution in [1.29, 1.82) is 0 Å². The van der Waals surface area contributed by atoms with Gasteiger partial charge in [0.2, 0.25) is 0 Å². The predicted octanol–water partition coefficient (Wildman–Crippen LogP) is 14.7. The van der Waals surface area contributed by atoms with Crippen molar-refractivity contribution in [2.24, 2.45) is 0 Å². The number of hydrogen-bond donors (Lipinski definition) is 0. The molecule has 2 nitrogen and oxygen atoms in total. The van der Waals surface area contributed by atoms with Gasteiger partial charge in [-0.05, 0) is 81.4 Å². The minimum absolute atomic E-state index is 0.732. The first-order valence-corrected chi connectivity index (χ1v) is 19.9. The van der Waals surface area contributed by atoms with Gasteiger partial charge in [-0.2, -0.15) is 0 Å².